The Kier molecular flexibility index (Phi) is 6.09. The molecule has 0 saturated heterocycles. The van der Waals surface area contributed by atoms with Crippen molar-refractivity contribution in [3.8, 4) is 0 Å². The third kappa shape index (κ3) is 5.00. The highest BCUT2D eigenvalue weighted by Crippen LogP contribution is 2.45. The van der Waals surface area contributed by atoms with Gasteiger partial charge in [-0.3, -0.25) is 4.99 Å². The lowest BCUT2D eigenvalue weighted by Gasteiger charge is -2.21. The summed E-state index contributed by atoms with van der Waals surface area (Å²) in [6.45, 7) is 6.85. The van der Waals surface area contributed by atoms with Gasteiger partial charge in [-0.2, -0.15) is 0 Å². The zero-order valence-corrected chi connectivity index (χ0v) is 14.2. The van der Waals surface area contributed by atoms with Crippen LogP contribution in [0.3, 0.4) is 0 Å². The Morgan fingerprint density at radius 3 is 2.84 bits per heavy atom. The molecule has 2 rings (SSSR count). The smallest absolute Gasteiger partial charge is 0.194 e. The first-order valence-corrected chi connectivity index (χ1v) is 6.52. The highest BCUT2D eigenvalue weighted by atomic mass is 127. The van der Waals surface area contributed by atoms with E-state index in [-0.39, 0.29) is 24.0 Å². The van der Waals surface area contributed by atoms with Crippen molar-refractivity contribution in [2.75, 3.05) is 20.1 Å². The summed E-state index contributed by atoms with van der Waals surface area (Å²) < 4.78 is 4.84. The van der Waals surface area contributed by atoms with Crippen LogP contribution < -0.4 is 5.32 Å². The molecule has 1 fully saturated rings. The highest BCUT2D eigenvalue weighted by molar-refractivity contribution is 14.0. The number of halogens is 1. The minimum atomic E-state index is 0. The van der Waals surface area contributed by atoms with Gasteiger partial charge in [0.2, 0.25) is 0 Å². The molecule has 1 aromatic rings. The predicted octanol–water partition coefficient (Wildman–Crippen LogP) is 2.49. The fourth-order valence-corrected chi connectivity index (χ4v) is 1.74. The molecule has 19 heavy (non-hydrogen) atoms. The molecule has 6 heteroatoms. The number of nitrogens with zero attached hydrogens (tertiary/aromatic N) is 3. The van der Waals surface area contributed by atoms with Crippen LogP contribution in [0.2, 0.25) is 0 Å². The van der Waals surface area contributed by atoms with E-state index in [1.54, 1.807) is 6.26 Å². The third-order valence-electron chi connectivity index (χ3n) is 3.30. The average Bonchev–Trinajstić information content (AvgIpc) is 2.87. The lowest BCUT2D eigenvalue weighted by Crippen LogP contribution is -2.38. The minimum absolute atomic E-state index is 0. The molecule has 1 aromatic heterocycles. The van der Waals surface area contributed by atoms with Crippen molar-refractivity contribution >= 4 is 29.9 Å². The van der Waals surface area contributed by atoms with E-state index in [1.807, 2.05) is 13.1 Å². The molecule has 1 aliphatic rings. The Labute approximate surface area is 131 Å². The van der Waals surface area contributed by atoms with Crippen molar-refractivity contribution in [3.63, 3.8) is 0 Å². The minimum Gasteiger partial charge on any atom is -0.364 e. The van der Waals surface area contributed by atoms with Gasteiger partial charge in [0, 0.05) is 26.2 Å². The van der Waals surface area contributed by atoms with Crippen molar-refractivity contribution in [2.24, 2.45) is 10.4 Å². The van der Waals surface area contributed by atoms with Gasteiger partial charge in [0.1, 0.15) is 12.0 Å². The number of guanidine groups is 1. The number of hydrogen-bond donors (Lipinski definition) is 1. The summed E-state index contributed by atoms with van der Waals surface area (Å²) in [5.74, 6) is 0.939. The molecule has 1 saturated carbocycles. The number of rotatable bonds is 5. The van der Waals surface area contributed by atoms with E-state index in [9.17, 15) is 0 Å². The van der Waals surface area contributed by atoms with Gasteiger partial charge in [0.25, 0.3) is 0 Å². The summed E-state index contributed by atoms with van der Waals surface area (Å²) in [5, 5.41) is 7.23. The van der Waals surface area contributed by atoms with Gasteiger partial charge < -0.3 is 14.7 Å². The first-order chi connectivity index (χ1) is 8.63. The van der Waals surface area contributed by atoms with Crippen molar-refractivity contribution in [3.05, 3.63) is 18.0 Å². The summed E-state index contributed by atoms with van der Waals surface area (Å²) >= 11 is 0. The van der Waals surface area contributed by atoms with Gasteiger partial charge in [-0.05, 0) is 25.2 Å². The van der Waals surface area contributed by atoms with E-state index in [0.29, 0.717) is 12.0 Å². The largest absolute Gasteiger partial charge is 0.364 e. The monoisotopic (exact) mass is 378 g/mol. The van der Waals surface area contributed by atoms with Crippen LogP contribution in [0.4, 0.5) is 0 Å². The maximum Gasteiger partial charge on any atom is 0.194 e. The van der Waals surface area contributed by atoms with Crippen LogP contribution in [-0.2, 0) is 6.54 Å². The van der Waals surface area contributed by atoms with Crippen LogP contribution in [0, 0.1) is 5.41 Å². The molecule has 0 aromatic carbocycles. The Morgan fingerprint density at radius 2 is 2.32 bits per heavy atom. The summed E-state index contributed by atoms with van der Waals surface area (Å²) in [7, 11) is 2.02. The van der Waals surface area contributed by atoms with Crippen LogP contribution in [0.15, 0.2) is 21.8 Å². The second-order valence-corrected chi connectivity index (χ2v) is 5.33. The van der Waals surface area contributed by atoms with Crippen LogP contribution in [0.1, 0.15) is 32.4 Å². The molecule has 5 nitrogen and oxygen atoms in total. The van der Waals surface area contributed by atoms with Crippen LogP contribution >= 0.6 is 24.0 Å². The van der Waals surface area contributed by atoms with Gasteiger partial charge in [-0.15, -0.1) is 24.0 Å². The van der Waals surface area contributed by atoms with E-state index >= 15 is 0 Å². The quantitative estimate of drug-likeness (QED) is 0.486. The second-order valence-electron chi connectivity index (χ2n) is 5.33. The maximum absolute atomic E-state index is 4.84. The fraction of sp³-hybridized carbons (Fsp3) is 0.692. The number of aromatic nitrogens is 1. The molecule has 0 bridgehead atoms. The number of hydrogen-bond acceptors (Lipinski definition) is 3. The van der Waals surface area contributed by atoms with Crippen LogP contribution in [-0.4, -0.2) is 36.2 Å². The van der Waals surface area contributed by atoms with Crippen molar-refractivity contribution in [1.82, 2.24) is 15.4 Å². The molecule has 0 amide bonds. The number of aliphatic imine (C=N–C) groups is 1. The van der Waals surface area contributed by atoms with Crippen molar-refractivity contribution in [2.45, 2.75) is 33.2 Å². The van der Waals surface area contributed by atoms with Gasteiger partial charge in [-0.25, -0.2) is 0 Å². The first-order valence-electron chi connectivity index (χ1n) is 6.52. The molecule has 1 heterocycles. The zero-order valence-electron chi connectivity index (χ0n) is 11.8. The molecule has 1 N–H and O–H groups in total. The standard InChI is InChI=1S/C13H22N4O.HI/c1-4-14-12(15-10-13(2)6-7-13)17(3)9-11-5-8-18-16-11;/h5,8H,4,6-7,9-10H2,1-3H3,(H,14,15);1H. The summed E-state index contributed by atoms with van der Waals surface area (Å²) in [5.41, 5.74) is 1.36. The summed E-state index contributed by atoms with van der Waals surface area (Å²) in [6.07, 6.45) is 4.18. The zero-order chi connectivity index (χ0) is 13.0. The molecule has 1 aliphatic carbocycles. The highest BCUT2D eigenvalue weighted by Gasteiger charge is 2.37. The Balaban J connectivity index is 0.00000180. The molecule has 0 unspecified atom stereocenters. The average molecular weight is 378 g/mol. The topological polar surface area (TPSA) is 53.7 Å². The van der Waals surface area contributed by atoms with E-state index in [2.05, 4.69) is 29.2 Å². The molecule has 108 valence electrons. The van der Waals surface area contributed by atoms with Crippen LogP contribution in [0.25, 0.3) is 0 Å². The Morgan fingerprint density at radius 1 is 1.58 bits per heavy atom. The van der Waals surface area contributed by atoms with E-state index in [1.165, 1.54) is 12.8 Å². The molecular formula is C13H23IN4O. The lowest BCUT2D eigenvalue weighted by atomic mass is 10.1. The fourth-order valence-electron chi connectivity index (χ4n) is 1.74. The molecule has 0 atom stereocenters. The van der Waals surface area contributed by atoms with Crippen molar-refractivity contribution in [1.29, 1.82) is 0 Å². The first kappa shape index (κ1) is 16.3. The molecule has 0 aliphatic heterocycles. The van der Waals surface area contributed by atoms with Gasteiger partial charge >= 0.3 is 0 Å². The number of nitrogens with one attached hydrogen (secondary N) is 1. The van der Waals surface area contributed by atoms with Crippen LogP contribution in [0.5, 0.6) is 0 Å². The van der Waals surface area contributed by atoms with E-state index in [4.69, 9.17) is 9.52 Å². The van der Waals surface area contributed by atoms with Gasteiger partial charge in [-0.1, -0.05) is 12.1 Å². The van der Waals surface area contributed by atoms with Crippen molar-refractivity contribution < 1.29 is 4.52 Å². The SMILES string of the molecule is CCNC(=NCC1(C)CC1)N(C)Cc1ccon1.I. The van der Waals surface area contributed by atoms with E-state index < -0.39 is 0 Å². The second kappa shape index (κ2) is 7.12. The molecule has 0 radical (unpaired) electrons. The Hall–Kier alpha value is -0.790. The normalized spacial score (nSPS) is 16.7. The molecule has 0 spiro atoms. The van der Waals surface area contributed by atoms with Gasteiger partial charge in [0.15, 0.2) is 5.96 Å². The molecular weight excluding hydrogens is 355 g/mol. The third-order valence-corrected chi connectivity index (χ3v) is 3.30. The van der Waals surface area contributed by atoms with Gasteiger partial charge in [0.05, 0.1) is 6.54 Å². The summed E-state index contributed by atoms with van der Waals surface area (Å²) in [4.78, 5) is 6.78. The lowest BCUT2D eigenvalue weighted by molar-refractivity contribution is 0.390. The van der Waals surface area contributed by atoms with E-state index in [0.717, 1.165) is 24.7 Å². The maximum atomic E-state index is 4.84. The Bertz CT molecular complexity index is 401. The predicted molar refractivity (Wildman–Crippen MR) is 86.7 cm³/mol. The summed E-state index contributed by atoms with van der Waals surface area (Å²) in [6, 6.07) is 1.88.